The second-order valence-corrected chi connectivity index (χ2v) is 6.30. The Hall–Kier alpha value is -3.08. The minimum Gasteiger partial charge on any atom is -0.495 e. The number of hydrogen-bond donors (Lipinski definition) is 1. The Morgan fingerprint density at radius 2 is 2.00 bits per heavy atom. The van der Waals surface area contributed by atoms with Crippen LogP contribution < -0.4 is 15.5 Å². The number of benzene rings is 2. The van der Waals surface area contributed by atoms with Gasteiger partial charge in [0.25, 0.3) is 5.91 Å². The van der Waals surface area contributed by atoms with Gasteiger partial charge < -0.3 is 14.6 Å². The summed E-state index contributed by atoms with van der Waals surface area (Å²) < 4.78 is 7.29. The van der Waals surface area contributed by atoms with E-state index in [0.29, 0.717) is 16.8 Å². The standard InChI is InChI=1S/C20H18N2O3/c1-12-10-13-6-5-7-14-18(13)22(12)11-15(19(14)23)20(24)21-16-8-3-4-9-17(16)25-2/h3-9,11-12H,10H2,1-2H3,(H,21,24). The van der Waals surface area contributed by atoms with Gasteiger partial charge in [0.1, 0.15) is 11.3 Å². The molecule has 126 valence electrons. The normalized spacial score (nSPS) is 15.4. The highest BCUT2D eigenvalue weighted by Gasteiger charge is 2.24. The molecule has 2 aromatic carbocycles. The smallest absolute Gasteiger partial charge is 0.261 e. The van der Waals surface area contributed by atoms with Crippen LogP contribution in [0.3, 0.4) is 0 Å². The molecule has 25 heavy (non-hydrogen) atoms. The highest BCUT2D eigenvalue weighted by atomic mass is 16.5. The van der Waals surface area contributed by atoms with Gasteiger partial charge >= 0.3 is 0 Å². The molecule has 3 aromatic rings. The number of hydrogen-bond acceptors (Lipinski definition) is 3. The summed E-state index contributed by atoms with van der Waals surface area (Å²) in [4.78, 5) is 25.6. The zero-order valence-corrected chi connectivity index (χ0v) is 14.1. The molecule has 1 amide bonds. The number of pyridine rings is 1. The monoisotopic (exact) mass is 334 g/mol. The van der Waals surface area contributed by atoms with E-state index in [-0.39, 0.29) is 17.0 Å². The summed E-state index contributed by atoms with van der Waals surface area (Å²) in [5.41, 5.74) is 2.53. The van der Waals surface area contributed by atoms with Crippen molar-refractivity contribution >= 4 is 22.5 Å². The van der Waals surface area contributed by atoms with Gasteiger partial charge in [0.15, 0.2) is 0 Å². The van der Waals surface area contributed by atoms with Gasteiger partial charge in [0.2, 0.25) is 5.43 Å². The van der Waals surface area contributed by atoms with Crippen molar-refractivity contribution < 1.29 is 9.53 Å². The quantitative estimate of drug-likeness (QED) is 0.799. The lowest BCUT2D eigenvalue weighted by Gasteiger charge is -2.13. The van der Waals surface area contributed by atoms with Gasteiger partial charge in [-0.1, -0.05) is 24.3 Å². The van der Waals surface area contributed by atoms with E-state index in [1.54, 1.807) is 37.6 Å². The number of nitrogens with one attached hydrogen (secondary N) is 1. The molecule has 2 heterocycles. The largest absolute Gasteiger partial charge is 0.495 e. The summed E-state index contributed by atoms with van der Waals surface area (Å²) in [7, 11) is 1.54. The van der Waals surface area contributed by atoms with E-state index >= 15 is 0 Å². The summed E-state index contributed by atoms with van der Waals surface area (Å²) in [5.74, 6) is 0.126. The fraction of sp³-hybridized carbons (Fsp3) is 0.200. The minimum absolute atomic E-state index is 0.143. The summed E-state index contributed by atoms with van der Waals surface area (Å²) in [6, 6.07) is 13.1. The van der Waals surface area contributed by atoms with Gasteiger partial charge in [-0.15, -0.1) is 0 Å². The number of aromatic nitrogens is 1. The van der Waals surface area contributed by atoms with Crippen molar-refractivity contribution in [3.8, 4) is 5.75 Å². The van der Waals surface area contributed by atoms with Crippen LogP contribution in [0, 0.1) is 0 Å². The Morgan fingerprint density at radius 3 is 2.80 bits per heavy atom. The predicted molar refractivity (Wildman–Crippen MR) is 97.6 cm³/mol. The molecule has 0 saturated heterocycles. The Kier molecular flexibility index (Phi) is 3.57. The van der Waals surface area contributed by atoms with Crippen LogP contribution in [0.4, 0.5) is 5.69 Å². The highest BCUT2D eigenvalue weighted by Crippen LogP contribution is 2.31. The number of methoxy groups -OCH3 is 1. The lowest BCUT2D eigenvalue weighted by molar-refractivity contribution is 0.102. The number of carbonyl (C=O) groups excluding carboxylic acids is 1. The molecular weight excluding hydrogens is 316 g/mol. The summed E-state index contributed by atoms with van der Waals surface area (Å²) >= 11 is 0. The van der Waals surface area contributed by atoms with E-state index in [4.69, 9.17) is 4.74 Å². The maximum Gasteiger partial charge on any atom is 0.261 e. The molecule has 5 heteroatoms. The van der Waals surface area contributed by atoms with Gasteiger partial charge in [-0.2, -0.15) is 0 Å². The van der Waals surface area contributed by atoms with Crippen LogP contribution in [-0.2, 0) is 6.42 Å². The van der Waals surface area contributed by atoms with Crippen LogP contribution in [0.5, 0.6) is 5.75 Å². The first-order valence-electron chi connectivity index (χ1n) is 8.21. The van der Waals surface area contributed by atoms with Crippen molar-refractivity contribution in [1.82, 2.24) is 4.57 Å². The molecule has 5 nitrogen and oxygen atoms in total. The third kappa shape index (κ3) is 2.39. The third-order valence-corrected chi connectivity index (χ3v) is 4.73. The van der Waals surface area contributed by atoms with E-state index in [9.17, 15) is 9.59 Å². The average Bonchev–Trinajstić information content (AvgIpc) is 2.94. The zero-order valence-electron chi connectivity index (χ0n) is 14.1. The average molecular weight is 334 g/mol. The molecule has 0 bridgehead atoms. The van der Waals surface area contributed by atoms with Crippen molar-refractivity contribution in [2.45, 2.75) is 19.4 Å². The maximum atomic E-state index is 12.8. The lowest BCUT2D eigenvalue weighted by Crippen LogP contribution is -2.24. The van der Waals surface area contributed by atoms with Crippen LogP contribution in [0.2, 0.25) is 0 Å². The number of anilines is 1. The van der Waals surface area contributed by atoms with Gasteiger partial charge in [-0.05, 0) is 37.1 Å². The predicted octanol–water partition coefficient (Wildman–Crippen LogP) is 3.38. The number of rotatable bonds is 3. The summed E-state index contributed by atoms with van der Waals surface area (Å²) in [6.07, 6.45) is 2.55. The second kappa shape index (κ2) is 5.77. The number of nitrogens with zero attached hydrogens (tertiary/aromatic N) is 1. The molecule has 0 spiro atoms. The van der Waals surface area contributed by atoms with E-state index < -0.39 is 5.91 Å². The summed E-state index contributed by atoms with van der Waals surface area (Å²) in [6.45, 7) is 2.09. The molecule has 1 aliphatic rings. The Morgan fingerprint density at radius 1 is 1.20 bits per heavy atom. The zero-order chi connectivity index (χ0) is 17.6. The number of carbonyl (C=O) groups is 1. The van der Waals surface area contributed by atoms with E-state index in [1.165, 1.54) is 0 Å². The topological polar surface area (TPSA) is 60.3 Å². The lowest BCUT2D eigenvalue weighted by atomic mass is 10.1. The van der Waals surface area contributed by atoms with Gasteiger partial charge in [-0.3, -0.25) is 9.59 Å². The number of ether oxygens (including phenoxy) is 1. The summed E-state index contributed by atoms with van der Waals surface area (Å²) in [5, 5.41) is 3.38. The highest BCUT2D eigenvalue weighted by molar-refractivity contribution is 6.06. The van der Waals surface area contributed by atoms with Gasteiger partial charge in [-0.25, -0.2) is 0 Å². The molecule has 0 radical (unpaired) electrons. The Balaban J connectivity index is 1.82. The first-order valence-corrected chi connectivity index (χ1v) is 8.21. The van der Waals surface area contributed by atoms with Crippen molar-refractivity contribution in [3.05, 3.63) is 70.0 Å². The molecule has 1 aliphatic heterocycles. The first-order chi connectivity index (χ1) is 12.1. The fourth-order valence-electron chi connectivity index (χ4n) is 3.52. The van der Waals surface area contributed by atoms with Crippen LogP contribution in [0.1, 0.15) is 28.9 Å². The van der Waals surface area contributed by atoms with E-state index in [0.717, 1.165) is 17.5 Å². The number of para-hydroxylation sites is 3. The molecule has 0 aliphatic carbocycles. The van der Waals surface area contributed by atoms with Crippen molar-refractivity contribution in [3.63, 3.8) is 0 Å². The Labute approximate surface area is 144 Å². The Bertz CT molecular complexity index is 1050. The van der Waals surface area contributed by atoms with Gasteiger partial charge in [0.05, 0.1) is 18.3 Å². The van der Waals surface area contributed by atoms with Crippen LogP contribution in [0.15, 0.2) is 53.5 Å². The molecule has 1 unspecified atom stereocenters. The van der Waals surface area contributed by atoms with Crippen LogP contribution in [-0.4, -0.2) is 17.6 Å². The number of amides is 1. The van der Waals surface area contributed by atoms with Crippen molar-refractivity contribution in [2.24, 2.45) is 0 Å². The van der Waals surface area contributed by atoms with Crippen molar-refractivity contribution in [1.29, 1.82) is 0 Å². The molecule has 1 aromatic heterocycles. The molecule has 1 atom stereocenters. The van der Waals surface area contributed by atoms with E-state index in [1.807, 2.05) is 22.8 Å². The van der Waals surface area contributed by atoms with Crippen molar-refractivity contribution in [2.75, 3.05) is 12.4 Å². The van der Waals surface area contributed by atoms with Crippen LogP contribution >= 0.6 is 0 Å². The molecule has 0 fully saturated rings. The first kappa shape index (κ1) is 15.4. The maximum absolute atomic E-state index is 12.8. The van der Waals surface area contributed by atoms with Gasteiger partial charge in [0, 0.05) is 17.6 Å². The second-order valence-electron chi connectivity index (χ2n) is 6.30. The molecule has 4 rings (SSSR count). The van der Waals surface area contributed by atoms with E-state index in [2.05, 4.69) is 12.2 Å². The molecule has 1 N–H and O–H groups in total. The fourth-order valence-corrected chi connectivity index (χ4v) is 3.52. The molecular formula is C20H18N2O3. The third-order valence-electron chi connectivity index (χ3n) is 4.73. The minimum atomic E-state index is -0.426. The van der Waals surface area contributed by atoms with Crippen LogP contribution in [0.25, 0.3) is 10.9 Å². The SMILES string of the molecule is COc1ccccc1NC(=O)c1cn2c3c(cccc3c1=O)CC2C. The molecule has 0 saturated carbocycles.